The van der Waals surface area contributed by atoms with E-state index in [1.807, 2.05) is 18.2 Å². The average Bonchev–Trinajstić information content (AvgIpc) is 4.42. The van der Waals surface area contributed by atoms with Gasteiger partial charge in [0.1, 0.15) is 22.3 Å². The minimum atomic E-state index is 0.0348. The number of nitrogens with zero attached hydrogens (tertiary/aromatic N) is 4. The van der Waals surface area contributed by atoms with E-state index in [-0.39, 0.29) is 6.04 Å². The van der Waals surface area contributed by atoms with Gasteiger partial charge in [-0.25, -0.2) is 0 Å². The van der Waals surface area contributed by atoms with Gasteiger partial charge in [0.25, 0.3) is 0 Å². The van der Waals surface area contributed by atoms with Crippen molar-refractivity contribution in [2.24, 2.45) is 0 Å². The number of hydrogen-bond acceptors (Lipinski definition) is 4. The van der Waals surface area contributed by atoms with Crippen molar-refractivity contribution in [2.45, 2.75) is 12.5 Å². The Kier molecular flexibility index (Phi) is 9.97. The molecule has 1 unspecified atom stereocenters. The van der Waals surface area contributed by atoms with Crippen molar-refractivity contribution in [3.63, 3.8) is 0 Å². The molecule has 0 saturated carbocycles. The molecule has 0 saturated heterocycles. The fraction of sp³-hybridized carbons (Fsp3) is 0.0278. The van der Waals surface area contributed by atoms with Gasteiger partial charge < -0.3 is 27.8 Å². The number of para-hydroxylation sites is 6. The topological polar surface area (TPSA) is 42.6 Å². The van der Waals surface area contributed by atoms with Crippen LogP contribution in [-0.4, -0.2) is 15.2 Å². The van der Waals surface area contributed by atoms with E-state index in [4.69, 9.17) is 8.83 Å². The smallest absolute Gasteiger partial charge is 0.135 e. The summed E-state index contributed by atoms with van der Waals surface area (Å²) in [6.45, 7) is 0. The molecule has 78 heavy (non-hydrogen) atoms. The first-order valence-corrected chi connectivity index (χ1v) is 26.7. The molecule has 0 radical (unpaired) electrons. The van der Waals surface area contributed by atoms with E-state index >= 15 is 0 Å². The van der Waals surface area contributed by atoms with Crippen molar-refractivity contribution < 1.29 is 8.83 Å². The van der Waals surface area contributed by atoms with Crippen LogP contribution in [0.4, 0.5) is 28.4 Å². The summed E-state index contributed by atoms with van der Waals surface area (Å²) in [6.07, 6.45) is 5.56. The number of furan rings is 2. The fourth-order valence-electron chi connectivity index (χ4n) is 12.5. The summed E-state index contributed by atoms with van der Waals surface area (Å²) in [6, 6.07) is 93.8. The van der Waals surface area contributed by atoms with Crippen LogP contribution in [0.25, 0.3) is 105 Å². The molecule has 368 valence electrons. The Labute approximate surface area is 449 Å². The van der Waals surface area contributed by atoms with Crippen molar-refractivity contribution in [1.29, 1.82) is 0 Å². The maximum Gasteiger partial charge on any atom is 0.135 e. The van der Waals surface area contributed by atoms with Crippen molar-refractivity contribution >= 4 is 111 Å². The van der Waals surface area contributed by atoms with Crippen LogP contribution in [0, 0.1) is 0 Å². The Morgan fingerprint density at radius 3 is 1.42 bits per heavy atom. The van der Waals surface area contributed by atoms with Gasteiger partial charge in [-0.2, -0.15) is 0 Å². The summed E-state index contributed by atoms with van der Waals surface area (Å²) in [5.41, 5.74) is 19.7. The summed E-state index contributed by atoms with van der Waals surface area (Å²) >= 11 is 0. The standard InChI is InChI=1S/C72H48N4O2/c1-3-15-49(16-4-1)75-65-23-11-7-19-57(65)61-43-53(35-39-67(61)75)73(55-37-41-71-63(45-55)59-21-9-13-25-69(59)77-71)51-31-27-47(28-32-51)48-29-33-52(34-30-48)74(56-38-42-72-64(46-56)60-22-10-14-26-70(60)78-72)54-36-40-68-62(44-54)58-20-8-12-24-66(58)76(68)50-17-5-2-6-18-50/h1-43,45-46,54H,44H2. The van der Waals surface area contributed by atoms with E-state index in [1.54, 1.807) is 0 Å². The largest absolute Gasteiger partial charge is 0.456 e. The molecule has 15 aromatic rings. The molecule has 16 rings (SSSR count). The minimum Gasteiger partial charge on any atom is -0.456 e. The Morgan fingerprint density at radius 2 is 0.782 bits per heavy atom. The molecular formula is C72H48N4O2. The first-order valence-electron chi connectivity index (χ1n) is 26.7. The van der Waals surface area contributed by atoms with Crippen molar-refractivity contribution in [3.8, 4) is 22.5 Å². The molecule has 0 aliphatic heterocycles. The van der Waals surface area contributed by atoms with Crippen LogP contribution in [0.5, 0.6) is 0 Å². The van der Waals surface area contributed by atoms with Gasteiger partial charge in [-0.15, -0.1) is 0 Å². The zero-order chi connectivity index (χ0) is 51.3. The Hall–Kier alpha value is -10.3. The molecular weight excluding hydrogens is 953 g/mol. The van der Waals surface area contributed by atoms with Gasteiger partial charge in [0.2, 0.25) is 0 Å². The SMILES string of the molecule is C1=CC(N(c2ccc(-c3ccc(N(c4ccc5oc6ccccc6c5c4)c4ccc5c(c4)c4ccccc4n5-c4ccccc4)cc3)cc2)c2ccc3oc4ccccc4c3c2)Cc2c1n(-c1ccccc1)c1ccccc21. The molecule has 0 spiro atoms. The Balaban J connectivity index is 0.790. The monoisotopic (exact) mass is 1000 g/mol. The van der Waals surface area contributed by atoms with E-state index < -0.39 is 0 Å². The minimum absolute atomic E-state index is 0.0348. The zero-order valence-corrected chi connectivity index (χ0v) is 42.4. The molecule has 0 N–H and O–H groups in total. The molecule has 6 nitrogen and oxygen atoms in total. The van der Waals surface area contributed by atoms with Gasteiger partial charge in [0.05, 0.1) is 22.6 Å². The molecule has 1 atom stereocenters. The van der Waals surface area contributed by atoms with Crippen molar-refractivity contribution in [1.82, 2.24) is 9.13 Å². The van der Waals surface area contributed by atoms with Crippen LogP contribution >= 0.6 is 0 Å². The van der Waals surface area contributed by atoms with Gasteiger partial charge in [0, 0.05) is 83.2 Å². The normalized spacial score (nSPS) is 13.4. The van der Waals surface area contributed by atoms with Crippen LogP contribution in [0.1, 0.15) is 11.3 Å². The predicted molar refractivity (Wildman–Crippen MR) is 324 cm³/mol. The lowest BCUT2D eigenvalue weighted by atomic mass is 9.94. The third-order valence-electron chi connectivity index (χ3n) is 16.0. The van der Waals surface area contributed by atoms with E-state index in [1.165, 1.54) is 38.4 Å². The molecule has 4 heterocycles. The van der Waals surface area contributed by atoms with Crippen molar-refractivity contribution in [3.05, 3.63) is 278 Å². The molecule has 6 heteroatoms. The Bertz CT molecular complexity index is 4830. The molecule has 0 fully saturated rings. The third-order valence-corrected chi connectivity index (χ3v) is 16.0. The zero-order valence-electron chi connectivity index (χ0n) is 42.4. The highest BCUT2D eigenvalue weighted by atomic mass is 16.3. The highest BCUT2D eigenvalue weighted by Gasteiger charge is 2.28. The Morgan fingerprint density at radius 1 is 0.333 bits per heavy atom. The summed E-state index contributed by atoms with van der Waals surface area (Å²) in [7, 11) is 0. The molecule has 0 bridgehead atoms. The number of hydrogen-bond donors (Lipinski definition) is 0. The fourth-order valence-corrected chi connectivity index (χ4v) is 12.5. The third kappa shape index (κ3) is 7.04. The van der Waals surface area contributed by atoms with Crippen LogP contribution < -0.4 is 9.80 Å². The molecule has 0 amide bonds. The molecule has 1 aliphatic carbocycles. The number of benzene rings is 11. The lowest BCUT2D eigenvalue weighted by Gasteiger charge is -2.34. The highest BCUT2D eigenvalue weighted by Crippen LogP contribution is 2.44. The van der Waals surface area contributed by atoms with Gasteiger partial charge >= 0.3 is 0 Å². The maximum atomic E-state index is 6.35. The number of fused-ring (bicyclic) bond motifs is 12. The van der Waals surface area contributed by atoms with E-state index in [0.717, 1.165) is 107 Å². The highest BCUT2D eigenvalue weighted by molar-refractivity contribution is 6.12. The quantitative estimate of drug-likeness (QED) is 0.145. The summed E-state index contributed by atoms with van der Waals surface area (Å²) in [5.74, 6) is 0. The van der Waals surface area contributed by atoms with Gasteiger partial charge in [-0.1, -0.05) is 140 Å². The second kappa shape index (κ2) is 17.7. The first kappa shape index (κ1) is 44.0. The second-order valence-electron chi connectivity index (χ2n) is 20.4. The number of rotatable bonds is 9. The van der Waals surface area contributed by atoms with Crippen LogP contribution in [0.3, 0.4) is 0 Å². The number of aromatic nitrogens is 2. The molecule has 1 aliphatic rings. The van der Waals surface area contributed by atoms with Gasteiger partial charge in [0.15, 0.2) is 0 Å². The van der Waals surface area contributed by atoms with Crippen LogP contribution in [0.2, 0.25) is 0 Å². The summed E-state index contributed by atoms with van der Waals surface area (Å²) in [4.78, 5) is 4.88. The lowest BCUT2D eigenvalue weighted by molar-refractivity contribution is 0.668. The average molecular weight is 1000 g/mol. The summed E-state index contributed by atoms with van der Waals surface area (Å²) in [5, 5.41) is 8.10. The molecule has 4 aromatic heterocycles. The predicted octanol–water partition coefficient (Wildman–Crippen LogP) is 19.4. The number of anilines is 5. The van der Waals surface area contributed by atoms with Crippen LogP contribution in [0.15, 0.2) is 276 Å². The lowest BCUT2D eigenvalue weighted by Crippen LogP contribution is -2.33. The maximum absolute atomic E-state index is 6.35. The second-order valence-corrected chi connectivity index (χ2v) is 20.4. The molecule has 11 aromatic carbocycles. The van der Waals surface area contributed by atoms with Crippen molar-refractivity contribution in [2.75, 3.05) is 9.80 Å². The van der Waals surface area contributed by atoms with Gasteiger partial charge in [-0.3, -0.25) is 0 Å². The first-order chi connectivity index (χ1) is 38.7. The summed E-state index contributed by atoms with van der Waals surface area (Å²) < 4.78 is 17.5. The van der Waals surface area contributed by atoms with E-state index in [9.17, 15) is 0 Å². The van der Waals surface area contributed by atoms with E-state index in [0.29, 0.717) is 0 Å². The van der Waals surface area contributed by atoms with Gasteiger partial charge in [-0.05, 0) is 157 Å². The van der Waals surface area contributed by atoms with E-state index in [2.05, 4.69) is 274 Å². The van der Waals surface area contributed by atoms with Crippen LogP contribution in [-0.2, 0) is 6.42 Å².